The van der Waals surface area contributed by atoms with Crippen molar-refractivity contribution in [2.45, 2.75) is 13.5 Å². The highest BCUT2D eigenvalue weighted by molar-refractivity contribution is 5.91. The van der Waals surface area contributed by atoms with Crippen molar-refractivity contribution in [2.24, 2.45) is 0 Å². The van der Waals surface area contributed by atoms with Gasteiger partial charge >= 0.3 is 5.97 Å². The number of aliphatic hydroxyl groups excluding tert-OH is 1. The monoisotopic (exact) mass is 352 g/mol. The minimum absolute atomic E-state index is 0.122. The quantitative estimate of drug-likeness (QED) is 0.678. The van der Waals surface area contributed by atoms with Gasteiger partial charge < -0.3 is 15.1 Å². The number of nitrogens with zero attached hydrogens (tertiary/aromatic N) is 4. The summed E-state index contributed by atoms with van der Waals surface area (Å²) in [7, 11) is 0. The average Bonchev–Trinajstić information content (AvgIpc) is 3.08. The molecular weight excluding hydrogens is 332 g/mol. The standard InChI is InChI=1S/C19H20N4O3/c1-14-7-5-6-10-16(14)23-20-17(19(25)26)18(21-23)22(11-12-24)13-15-8-3-2-4-9-15/h2-10,24H,11-13H2,1H3,(H,25,26). The predicted octanol–water partition coefficient (Wildman–Crippen LogP) is 2.27. The summed E-state index contributed by atoms with van der Waals surface area (Å²) in [6, 6.07) is 17.1. The molecular formula is C19H20N4O3. The number of anilines is 1. The number of hydrogen-bond donors (Lipinski definition) is 2. The lowest BCUT2D eigenvalue weighted by Crippen LogP contribution is -2.28. The molecule has 7 heteroatoms. The molecule has 3 aromatic rings. The maximum Gasteiger partial charge on any atom is 0.360 e. The van der Waals surface area contributed by atoms with Crippen molar-refractivity contribution in [3.63, 3.8) is 0 Å². The first-order chi connectivity index (χ1) is 12.6. The summed E-state index contributed by atoms with van der Waals surface area (Å²) in [6.07, 6.45) is 0. The van der Waals surface area contributed by atoms with Crippen molar-refractivity contribution in [3.05, 3.63) is 71.4 Å². The largest absolute Gasteiger partial charge is 0.476 e. The molecule has 0 saturated heterocycles. The van der Waals surface area contributed by atoms with E-state index in [0.717, 1.165) is 11.1 Å². The molecule has 2 N–H and O–H groups in total. The van der Waals surface area contributed by atoms with Gasteiger partial charge in [-0.25, -0.2) is 4.79 Å². The molecule has 1 heterocycles. The van der Waals surface area contributed by atoms with E-state index in [0.29, 0.717) is 12.2 Å². The zero-order valence-corrected chi connectivity index (χ0v) is 14.4. The molecule has 0 fully saturated rings. The highest BCUT2D eigenvalue weighted by Gasteiger charge is 2.24. The van der Waals surface area contributed by atoms with Crippen molar-refractivity contribution in [1.82, 2.24) is 15.0 Å². The van der Waals surface area contributed by atoms with E-state index in [4.69, 9.17) is 0 Å². The van der Waals surface area contributed by atoms with Gasteiger partial charge in [0.25, 0.3) is 0 Å². The number of rotatable bonds is 7. The summed E-state index contributed by atoms with van der Waals surface area (Å²) in [4.78, 5) is 14.8. The maximum absolute atomic E-state index is 11.7. The number of aromatic nitrogens is 3. The second kappa shape index (κ2) is 7.79. The smallest absolute Gasteiger partial charge is 0.360 e. The van der Waals surface area contributed by atoms with E-state index in [1.54, 1.807) is 4.90 Å². The SMILES string of the molecule is Cc1ccccc1-n1nc(C(=O)O)c(N(CCO)Cc2ccccc2)n1. The van der Waals surface area contributed by atoms with Crippen LogP contribution in [0.15, 0.2) is 54.6 Å². The molecule has 134 valence electrons. The normalized spacial score (nSPS) is 10.7. The molecule has 0 aliphatic rings. The van der Waals surface area contributed by atoms with E-state index >= 15 is 0 Å². The van der Waals surface area contributed by atoms with E-state index in [2.05, 4.69) is 10.2 Å². The zero-order chi connectivity index (χ0) is 18.5. The molecule has 1 aromatic heterocycles. The Labute approximate surface area is 151 Å². The third-order valence-corrected chi connectivity index (χ3v) is 4.02. The van der Waals surface area contributed by atoms with Crippen LogP contribution in [0, 0.1) is 6.92 Å². The van der Waals surface area contributed by atoms with Gasteiger partial charge in [-0.15, -0.1) is 15.0 Å². The van der Waals surface area contributed by atoms with Crippen LogP contribution >= 0.6 is 0 Å². The molecule has 0 aliphatic carbocycles. The zero-order valence-electron chi connectivity index (χ0n) is 14.4. The molecule has 0 unspecified atom stereocenters. The molecule has 26 heavy (non-hydrogen) atoms. The number of carbonyl (C=O) groups is 1. The van der Waals surface area contributed by atoms with Crippen LogP contribution in [0.4, 0.5) is 5.82 Å². The number of para-hydroxylation sites is 1. The molecule has 0 aliphatic heterocycles. The molecule has 2 aromatic carbocycles. The number of carboxylic acid groups (broad SMARTS) is 1. The third kappa shape index (κ3) is 3.73. The second-order valence-corrected chi connectivity index (χ2v) is 5.88. The number of aryl methyl sites for hydroxylation is 1. The number of aromatic carboxylic acids is 1. The van der Waals surface area contributed by atoms with Gasteiger partial charge in [-0.3, -0.25) is 0 Å². The Morgan fingerprint density at radius 1 is 1.08 bits per heavy atom. The van der Waals surface area contributed by atoms with E-state index < -0.39 is 5.97 Å². The topological polar surface area (TPSA) is 91.5 Å². The van der Waals surface area contributed by atoms with Crippen molar-refractivity contribution < 1.29 is 15.0 Å². The van der Waals surface area contributed by atoms with Crippen molar-refractivity contribution in [1.29, 1.82) is 0 Å². The number of carboxylic acids is 1. The van der Waals surface area contributed by atoms with Crippen molar-refractivity contribution in [3.8, 4) is 5.69 Å². The Balaban J connectivity index is 2.03. The third-order valence-electron chi connectivity index (χ3n) is 4.02. The van der Waals surface area contributed by atoms with Crippen molar-refractivity contribution in [2.75, 3.05) is 18.1 Å². The first kappa shape index (κ1) is 17.6. The minimum Gasteiger partial charge on any atom is -0.476 e. The minimum atomic E-state index is -1.16. The van der Waals surface area contributed by atoms with Crippen LogP contribution in [-0.2, 0) is 6.54 Å². The Kier molecular flexibility index (Phi) is 5.28. The summed E-state index contributed by atoms with van der Waals surface area (Å²) in [5.41, 5.74) is 2.49. The van der Waals surface area contributed by atoms with Crippen LogP contribution in [-0.4, -0.2) is 44.3 Å². The fourth-order valence-electron chi connectivity index (χ4n) is 2.73. The average molecular weight is 352 g/mol. The highest BCUT2D eigenvalue weighted by Crippen LogP contribution is 2.21. The first-order valence-corrected chi connectivity index (χ1v) is 8.26. The van der Waals surface area contributed by atoms with E-state index in [-0.39, 0.29) is 24.7 Å². The Hall–Kier alpha value is -3.19. The van der Waals surface area contributed by atoms with Crippen LogP contribution in [0.3, 0.4) is 0 Å². The second-order valence-electron chi connectivity index (χ2n) is 5.88. The molecule has 3 rings (SSSR count). The van der Waals surface area contributed by atoms with Crippen LogP contribution in [0.1, 0.15) is 21.6 Å². The number of hydrogen-bond acceptors (Lipinski definition) is 5. The molecule has 0 atom stereocenters. The Morgan fingerprint density at radius 3 is 2.42 bits per heavy atom. The van der Waals surface area contributed by atoms with Crippen molar-refractivity contribution >= 4 is 11.8 Å². The van der Waals surface area contributed by atoms with Gasteiger partial charge in [-0.1, -0.05) is 48.5 Å². The fourth-order valence-corrected chi connectivity index (χ4v) is 2.73. The first-order valence-electron chi connectivity index (χ1n) is 8.26. The maximum atomic E-state index is 11.7. The van der Waals surface area contributed by atoms with E-state index in [9.17, 15) is 15.0 Å². The highest BCUT2D eigenvalue weighted by atomic mass is 16.4. The van der Waals surface area contributed by atoms with Gasteiger partial charge in [0, 0.05) is 13.1 Å². The van der Waals surface area contributed by atoms with Crippen LogP contribution in [0.25, 0.3) is 5.69 Å². The molecule has 0 saturated carbocycles. The van der Waals surface area contributed by atoms with Gasteiger partial charge in [0.05, 0.1) is 12.3 Å². The van der Waals surface area contributed by atoms with Crippen LogP contribution in [0.2, 0.25) is 0 Å². The predicted molar refractivity (Wildman–Crippen MR) is 97.6 cm³/mol. The summed E-state index contributed by atoms with van der Waals surface area (Å²) in [5, 5.41) is 27.6. The van der Waals surface area contributed by atoms with Gasteiger partial charge in [-0.2, -0.15) is 0 Å². The lowest BCUT2D eigenvalue weighted by Gasteiger charge is -2.21. The lowest BCUT2D eigenvalue weighted by atomic mass is 10.2. The summed E-state index contributed by atoms with van der Waals surface area (Å²) >= 11 is 0. The van der Waals surface area contributed by atoms with Crippen LogP contribution in [0.5, 0.6) is 0 Å². The number of aliphatic hydroxyl groups is 1. The van der Waals surface area contributed by atoms with Crippen LogP contribution < -0.4 is 4.90 Å². The molecule has 0 bridgehead atoms. The van der Waals surface area contributed by atoms with Gasteiger partial charge in [0.15, 0.2) is 5.82 Å². The van der Waals surface area contributed by atoms with Gasteiger partial charge in [0.1, 0.15) is 0 Å². The Bertz CT molecular complexity index is 893. The molecule has 0 spiro atoms. The molecule has 0 amide bonds. The number of benzene rings is 2. The lowest BCUT2D eigenvalue weighted by molar-refractivity contribution is 0.0690. The van der Waals surface area contributed by atoms with E-state index in [1.807, 2.05) is 61.5 Å². The Morgan fingerprint density at radius 2 is 1.77 bits per heavy atom. The summed E-state index contributed by atoms with van der Waals surface area (Å²) < 4.78 is 0. The van der Waals surface area contributed by atoms with Gasteiger partial charge in [0.2, 0.25) is 5.69 Å². The fraction of sp³-hybridized carbons (Fsp3) is 0.211. The summed E-state index contributed by atoms with van der Waals surface area (Å²) in [6.45, 7) is 2.47. The molecule has 0 radical (unpaired) electrons. The summed E-state index contributed by atoms with van der Waals surface area (Å²) in [5.74, 6) is -0.922. The van der Waals surface area contributed by atoms with E-state index in [1.165, 1.54) is 4.80 Å². The molecule has 7 nitrogen and oxygen atoms in total. The van der Waals surface area contributed by atoms with Gasteiger partial charge in [-0.05, 0) is 24.1 Å².